The first-order chi connectivity index (χ1) is 7.59. The molecule has 2 rings (SSSR count). The highest BCUT2D eigenvalue weighted by molar-refractivity contribution is 9.10. The quantitative estimate of drug-likeness (QED) is 0.919. The van der Waals surface area contributed by atoms with Crippen LogP contribution in [0.15, 0.2) is 22.7 Å². The monoisotopic (exact) mass is 286 g/mol. The van der Waals surface area contributed by atoms with E-state index in [9.17, 15) is 4.39 Å². The Morgan fingerprint density at radius 3 is 2.69 bits per heavy atom. The number of hydrogen-bond donors (Lipinski definition) is 1. The smallest absolute Gasteiger partial charge is 0.137 e. The molecule has 4 heteroatoms. The zero-order chi connectivity index (χ0) is 11.7. The SMILES string of the molecule is CC(c1ccc(F)c(Br)c1)N(C)C1CNC1. The van der Waals surface area contributed by atoms with Crippen LogP contribution in [-0.4, -0.2) is 31.1 Å². The van der Waals surface area contributed by atoms with E-state index in [1.807, 2.05) is 12.1 Å². The van der Waals surface area contributed by atoms with E-state index in [0.29, 0.717) is 16.6 Å². The molecular formula is C12H16BrFN2. The zero-order valence-corrected chi connectivity index (χ0v) is 11.1. The molecule has 0 aliphatic carbocycles. The van der Waals surface area contributed by atoms with Crippen molar-refractivity contribution in [2.24, 2.45) is 0 Å². The van der Waals surface area contributed by atoms with Crippen LogP contribution >= 0.6 is 15.9 Å². The van der Waals surface area contributed by atoms with Crippen LogP contribution in [0, 0.1) is 5.82 Å². The van der Waals surface area contributed by atoms with Gasteiger partial charge in [-0.15, -0.1) is 0 Å². The van der Waals surface area contributed by atoms with Crippen LogP contribution in [0.4, 0.5) is 4.39 Å². The van der Waals surface area contributed by atoms with Gasteiger partial charge in [-0.2, -0.15) is 0 Å². The average Bonchev–Trinajstić information content (AvgIpc) is 2.18. The number of rotatable bonds is 3. The summed E-state index contributed by atoms with van der Waals surface area (Å²) in [6, 6.07) is 6.14. The molecule has 1 fully saturated rings. The normalized spacial score (nSPS) is 18.6. The Bertz CT molecular complexity index is 379. The lowest BCUT2D eigenvalue weighted by Crippen LogP contribution is -2.56. The fourth-order valence-electron chi connectivity index (χ4n) is 1.89. The number of halogens is 2. The summed E-state index contributed by atoms with van der Waals surface area (Å²) >= 11 is 3.23. The third kappa shape index (κ3) is 2.29. The maximum absolute atomic E-state index is 13.1. The Morgan fingerprint density at radius 2 is 2.19 bits per heavy atom. The average molecular weight is 287 g/mol. The minimum Gasteiger partial charge on any atom is -0.314 e. The fraction of sp³-hybridized carbons (Fsp3) is 0.500. The van der Waals surface area contributed by atoms with Crippen LogP contribution < -0.4 is 5.32 Å². The number of nitrogens with one attached hydrogen (secondary N) is 1. The molecule has 1 unspecified atom stereocenters. The summed E-state index contributed by atoms with van der Waals surface area (Å²) in [5, 5.41) is 3.26. The number of benzene rings is 1. The molecule has 1 aliphatic rings. The molecular weight excluding hydrogens is 271 g/mol. The van der Waals surface area contributed by atoms with Crippen molar-refractivity contribution >= 4 is 15.9 Å². The molecule has 0 bridgehead atoms. The van der Waals surface area contributed by atoms with E-state index in [-0.39, 0.29) is 5.82 Å². The molecule has 1 heterocycles. The first-order valence-electron chi connectivity index (χ1n) is 5.47. The van der Waals surface area contributed by atoms with Crippen molar-refractivity contribution in [3.8, 4) is 0 Å². The van der Waals surface area contributed by atoms with E-state index < -0.39 is 0 Å². The van der Waals surface area contributed by atoms with Gasteiger partial charge in [0.15, 0.2) is 0 Å². The maximum atomic E-state index is 13.1. The first kappa shape index (κ1) is 12.0. The summed E-state index contributed by atoms with van der Waals surface area (Å²) in [5.74, 6) is -0.205. The van der Waals surface area contributed by atoms with E-state index in [4.69, 9.17) is 0 Å². The lowest BCUT2D eigenvalue weighted by Gasteiger charge is -2.39. The molecule has 88 valence electrons. The van der Waals surface area contributed by atoms with Gasteiger partial charge in [-0.1, -0.05) is 6.07 Å². The predicted molar refractivity (Wildman–Crippen MR) is 66.9 cm³/mol. The van der Waals surface area contributed by atoms with Gasteiger partial charge < -0.3 is 5.32 Å². The molecule has 0 saturated carbocycles. The Balaban J connectivity index is 2.12. The van der Waals surface area contributed by atoms with Crippen molar-refractivity contribution in [1.29, 1.82) is 0 Å². The van der Waals surface area contributed by atoms with Crippen LogP contribution in [0.3, 0.4) is 0 Å². The zero-order valence-electron chi connectivity index (χ0n) is 9.50. The topological polar surface area (TPSA) is 15.3 Å². The second-order valence-corrected chi connectivity index (χ2v) is 5.18. The van der Waals surface area contributed by atoms with Crippen LogP contribution in [0.2, 0.25) is 0 Å². The van der Waals surface area contributed by atoms with Gasteiger partial charge in [-0.25, -0.2) is 4.39 Å². The molecule has 0 aromatic heterocycles. The van der Waals surface area contributed by atoms with Gasteiger partial charge in [-0.05, 0) is 47.6 Å². The summed E-state index contributed by atoms with van der Waals surface area (Å²) < 4.78 is 13.7. The molecule has 2 nitrogen and oxygen atoms in total. The molecule has 1 aliphatic heterocycles. The van der Waals surface area contributed by atoms with E-state index in [0.717, 1.165) is 18.7 Å². The first-order valence-corrected chi connectivity index (χ1v) is 6.26. The van der Waals surface area contributed by atoms with Gasteiger partial charge in [-0.3, -0.25) is 4.90 Å². The second kappa shape index (κ2) is 4.82. The molecule has 1 N–H and O–H groups in total. The Labute approximate surface area is 104 Å². The summed E-state index contributed by atoms with van der Waals surface area (Å²) in [4.78, 5) is 2.33. The van der Waals surface area contributed by atoms with Crippen molar-refractivity contribution in [1.82, 2.24) is 10.2 Å². The van der Waals surface area contributed by atoms with Gasteiger partial charge in [0, 0.05) is 25.2 Å². The summed E-state index contributed by atoms with van der Waals surface area (Å²) in [6.07, 6.45) is 0. The van der Waals surface area contributed by atoms with Crippen molar-refractivity contribution in [2.45, 2.75) is 19.0 Å². The minimum absolute atomic E-state index is 0.205. The third-order valence-corrected chi connectivity index (χ3v) is 3.98. The Kier molecular flexibility index (Phi) is 3.62. The van der Waals surface area contributed by atoms with Crippen molar-refractivity contribution in [3.63, 3.8) is 0 Å². The molecule has 1 atom stereocenters. The van der Waals surface area contributed by atoms with Gasteiger partial charge >= 0.3 is 0 Å². The van der Waals surface area contributed by atoms with Crippen molar-refractivity contribution in [2.75, 3.05) is 20.1 Å². The van der Waals surface area contributed by atoms with Crippen LogP contribution in [0.5, 0.6) is 0 Å². The highest BCUT2D eigenvalue weighted by Gasteiger charge is 2.25. The van der Waals surface area contributed by atoms with E-state index in [1.165, 1.54) is 6.07 Å². The largest absolute Gasteiger partial charge is 0.314 e. The van der Waals surface area contributed by atoms with E-state index >= 15 is 0 Å². The molecule has 16 heavy (non-hydrogen) atoms. The molecule has 0 spiro atoms. The maximum Gasteiger partial charge on any atom is 0.137 e. The number of hydrogen-bond acceptors (Lipinski definition) is 2. The fourth-order valence-corrected chi connectivity index (χ4v) is 2.28. The van der Waals surface area contributed by atoms with E-state index in [1.54, 1.807) is 0 Å². The summed E-state index contributed by atoms with van der Waals surface area (Å²) in [7, 11) is 2.12. The number of nitrogens with zero attached hydrogens (tertiary/aromatic N) is 1. The molecule has 1 aromatic rings. The summed E-state index contributed by atoms with van der Waals surface area (Å²) in [5.41, 5.74) is 1.14. The molecule has 1 aromatic carbocycles. The van der Waals surface area contributed by atoms with Crippen molar-refractivity contribution in [3.05, 3.63) is 34.1 Å². The van der Waals surface area contributed by atoms with Crippen molar-refractivity contribution < 1.29 is 4.39 Å². The second-order valence-electron chi connectivity index (χ2n) is 4.33. The van der Waals surface area contributed by atoms with Gasteiger partial charge in [0.2, 0.25) is 0 Å². The van der Waals surface area contributed by atoms with Gasteiger partial charge in [0.1, 0.15) is 5.82 Å². The van der Waals surface area contributed by atoms with Crippen LogP contribution in [0.25, 0.3) is 0 Å². The highest BCUT2D eigenvalue weighted by atomic mass is 79.9. The molecule has 1 saturated heterocycles. The minimum atomic E-state index is -0.205. The standard InChI is InChI=1S/C12H16BrFN2/c1-8(16(2)10-6-15-7-10)9-3-4-12(14)11(13)5-9/h3-5,8,10,15H,6-7H2,1-2H3. The Hall–Kier alpha value is -0.450. The van der Waals surface area contributed by atoms with Gasteiger partial charge in [0.25, 0.3) is 0 Å². The van der Waals surface area contributed by atoms with Gasteiger partial charge in [0.05, 0.1) is 4.47 Å². The lowest BCUT2D eigenvalue weighted by molar-refractivity contribution is 0.136. The van der Waals surface area contributed by atoms with Crippen LogP contribution in [-0.2, 0) is 0 Å². The molecule has 0 radical (unpaired) electrons. The highest BCUT2D eigenvalue weighted by Crippen LogP contribution is 2.26. The summed E-state index contributed by atoms with van der Waals surface area (Å²) in [6.45, 7) is 4.24. The predicted octanol–water partition coefficient (Wildman–Crippen LogP) is 2.55. The Morgan fingerprint density at radius 1 is 1.50 bits per heavy atom. The van der Waals surface area contributed by atoms with E-state index in [2.05, 4.69) is 40.1 Å². The van der Waals surface area contributed by atoms with Crippen LogP contribution in [0.1, 0.15) is 18.5 Å². The number of likely N-dealkylation sites (N-methyl/N-ethyl adjacent to an activating group) is 1. The lowest BCUT2D eigenvalue weighted by atomic mass is 10.0. The third-order valence-electron chi connectivity index (χ3n) is 3.37. The molecule has 0 amide bonds.